The highest BCUT2D eigenvalue weighted by Gasteiger charge is 2.22. The minimum atomic E-state index is -0.827. The molecule has 28 heavy (non-hydrogen) atoms. The third kappa shape index (κ3) is 4.67. The fraction of sp³-hybridized carbons (Fsp3) is 0.368. The Balaban J connectivity index is 2.07. The minimum Gasteiger partial charge on any atom is -0.482 e. The zero-order valence-electron chi connectivity index (χ0n) is 16.1. The molecule has 2 rings (SSSR count). The molecule has 0 amide bonds. The van der Waals surface area contributed by atoms with E-state index in [4.69, 9.17) is 15.2 Å². The average Bonchev–Trinajstić information content (AvgIpc) is 2.66. The molecule has 1 aromatic heterocycles. The normalized spacial score (nSPS) is 10.5. The zero-order chi connectivity index (χ0) is 20.8. The molecule has 0 fully saturated rings. The van der Waals surface area contributed by atoms with Crippen LogP contribution in [0.2, 0.25) is 0 Å². The summed E-state index contributed by atoms with van der Waals surface area (Å²) in [6.45, 7) is 2.89. The average molecular weight is 389 g/mol. The molecule has 1 heterocycles. The number of rotatable bonds is 8. The van der Waals surface area contributed by atoms with E-state index < -0.39 is 29.6 Å². The van der Waals surface area contributed by atoms with Gasteiger partial charge in [-0.15, -0.1) is 0 Å². The lowest BCUT2D eigenvalue weighted by molar-refractivity contribution is -0.144. The van der Waals surface area contributed by atoms with E-state index in [1.807, 2.05) is 19.9 Å². The summed E-state index contributed by atoms with van der Waals surface area (Å²) in [6, 6.07) is 7.10. The maximum atomic E-state index is 12.4. The van der Waals surface area contributed by atoms with Crippen LogP contribution in [0.4, 0.5) is 5.82 Å². The van der Waals surface area contributed by atoms with Gasteiger partial charge in [-0.05, 0) is 31.0 Å². The summed E-state index contributed by atoms with van der Waals surface area (Å²) in [4.78, 5) is 48.6. The van der Waals surface area contributed by atoms with Crippen molar-refractivity contribution in [3.63, 3.8) is 0 Å². The molecule has 0 bridgehead atoms. The Morgan fingerprint density at radius 2 is 1.89 bits per heavy atom. The highest BCUT2D eigenvalue weighted by atomic mass is 16.6. The second-order valence-electron chi connectivity index (χ2n) is 6.25. The van der Waals surface area contributed by atoms with Gasteiger partial charge in [0.15, 0.2) is 13.2 Å². The van der Waals surface area contributed by atoms with E-state index >= 15 is 0 Å². The predicted molar refractivity (Wildman–Crippen MR) is 103 cm³/mol. The fourth-order valence-electron chi connectivity index (χ4n) is 2.59. The minimum absolute atomic E-state index is 0.230. The number of aryl methyl sites for hydroxylation is 1. The number of hydrogen-bond donors (Lipinski definition) is 1. The van der Waals surface area contributed by atoms with Gasteiger partial charge in [0.2, 0.25) is 5.78 Å². The molecule has 0 unspecified atom stereocenters. The van der Waals surface area contributed by atoms with Crippen molar-refractivity contribution in [1.29, 1.82) is 0 Å². The number of aromatic nitrogens is 2. The molecule has 2 N–H and O–H groups in total. The van der Waals surface area contributed by atoms with E-state index in [1.165, 1.54) is 7.05 Å². The molecule has 9 heteroatoms. The molecule has 0 aliphatic carbocycles. The van der Waals surface area contributed by atoms with Crippen molar-refractivity contribution in [3.05, 3.63) is 56.2 Å². The molecule has 0 aliphatic heterocycles. The first-order chi connectivity index (χ1) is 13.3. The Morgan fingerprint density at radius 1 is 1.18 bits per heavy atom. The van der Waals surface area contributed by atoms with Gasteiger partial charge in [0.1, 0.15) is 17.1 Å². The lowest BCUT2D eigenvalue weighted by Crippen LogP contribution is -2.43. The second-order valence-corrected chi connectivity index (χ2v) is 6.25. The highest BCUT2D eigenvalue weighted by Crippen LogP contribution is 2.12. The number of esters is 1. The van der Waals surface area contributed by atoms with Crippen molar-refractivity contribution in [3.8, 4) is 5.75 Å². The summed E-state index contributed by atoms with van der Waals surface area (Å²) in [7, 11) is 1.26. The number of nitrogens with two attached hydrogens (primary N) is 1. The third-order valence-corrected chi connectivity index (χ3v) is 4.02. The first kappa shape index (κ1) is 20.9. The SMILES string of the molecule is CCCn1c(N)c(C(=O)COC(=O)COc2cccc(C)c2)c(=O)n(C)c1=O. The number of hydrogen-bond acceptors (Lipinski definition) is 7. The zero-order valence-corrected chi connectivity index (χ0v) is 16.1. The molecule has 0 saturated carbocycles. The fourth-order valence-corrected chi connectivity index (χ4v) is 2.59. The van der Waals surface area contributed by atoms with Crippen molar-refractivity contribution >= 4 is 17.6 Å². The van der Waals surface area contributed by atoms with E-state index in [9.17, 15) is 19.2 Å². The Kier molecular flexibility index (Phi) is 6.75. The number of nitrogen functional groups attached to an aromatic ring is 1. The molecule has 0 atom stereocenters. The number of anilines is 1. The van der Waals surface area contributed by atoms with Gasteiger partial charge in [-0.3, -0.25) is 18.7 Å². The monoisotopic (exact) mass is 389 g/mol. The molecule has 9 nitrogen and oxygen atoms in total. The molecule has 0 radical (unpaired) electrons. The van der Waals surface area contributed by atoms with Gasteiger partial charge < -0.3 is 15.2 Å². The molecule has 0 saturated heterocycles. The second kappa shape index (κ2) is 9.03. The molecule has 0 spiro atoms. The molecule has 1 aromatic carbocycles. The van der Waals surface area contributed by atoms with Crippen molar-refractivity contribution < 1.29 is 19.1 Å². The summed E-state index contributed by atoms with van der Waals surface area (Å²) in [6.07, 6.45) is 0.585. The maximum absolute atomic E-state index is 12.4. The van der Waals surface area contributed by atoms with E-state index in [0.29, 0.717) is 12.2 Å². The van der Waals surface area contributed by atoms with E-state index in [0.717, 1.165) is 14.7 Å². The quantitative estimate of drug-likeness (QED) is 0.519. The number of carbonyl (C=O) groups excluding carboxylic acids is 2. The lowest BCUT2D eigenvalue weighted by Gasteiger charge is -2.14. The van der Waals surface area contributed by atoms with Crippen molar-refractivity contribution in [2.45, 2.75) is 26.8 Å². The number of benzene rings is 1. The van der Waals surface area contributed by atoms with Crippen LogP contribution in [0.15, 0.2) is 33.9 Å². The Bertz CT molecular complexity index is 1010. The van der Waals surface area contributed by atoms with Gasteiger partial charge in [0, 0.05) is 13.6 Å². The predicted octanol–water partition coefficient (Wildman–Crippen LogP) is 0.653. The first-order valence-corrected chi connectivity index (χ1v) is 8.73. The van der Waals surface area contributed by atoms with Crippen LogP contribution in [-0.2, 0) is 23.1 Å². The molecule has 150 valence electrons. The van der Waals surface area contributed by atoms with Crippen LogP contribution in [0.3, 0.4) is 0 Å². The van der Waals surface area contributed by atoms with Crippen LogP contribution in [-0.4, -0.2) is 34.1 Å². The van der Waals surface area contributed by atoms with E-state index in [1.54, 1.807) is 18.2 Å². The number of Topliss-reactive ketones (excluding diaryl/α,β-unsaturated/α-hetero) is 1. The molecule has 0 aliphatic rings. The van der Waals surface area contributed by atoms with Crippen molar-refractivity contribution in [2.75, 3.05) is 18.9 Å². The van der Waals surface area contributed by atoms with Gasteiger partial charge in [0.05, 0.1) is 0 Å². The molecular formula is C19H23N3O6. The van der Waals surface area contributed by atoms with Crippen molar-refractivity contribution in [1.82, 2.24) is 9.13 Å². The number of carbonyl (C=O) groups is 2. The van der Waals surface area contributed by atoms with Crippen LogP contribution in [0.5, 0.6) is 5.75 Å². The lowest BCUT2D eigenvalue weighted by atomic mass is 10.2. The van der Waals surface area contributed by atoms with Gasteiger partial charge in [-0.2, -0.15) is 0 Å². The summed E-state index contributed by atoms with van der Waals surface area (Å²) in [5, 5.41) is 0. The molecule has 2 aromatic rings. The number of nitrogens with zero attached hydrogens (tertiary/aromatic N) is 2. The Labute approximate surface area is 161 Å². The van der Waals surface area contributed by atoms with Gasteiger partial charge in [-0.1, -0.05) is 19.1 Å². The van der Waals surface area contributed by atoms with Crippen LogP contribution >= 0.6 is 0 Å². The summed E-state index contributed by atoms with van der Waals surface area (Å²) in [5.41, 5.74) is 5.02. The van der Waals surface area contributed by atoms with Crippen LogP contribution in [0.25, 0.3) is 0 Å². The Morgan fingerprint density at radius 3 is 2.54 bits per heavy atom. The third-order valence-electron chi connectivity index (χ3n) is 4.02. The standard InChI is InChI=1S/C19H23N3O6/c1-4-8-22-17(20)16(18(25)21(3)19(22)26)14(23)10-28-15(24)11-27-13-7-5-6-12(2)9-13/h5-7,9H,4,8,10-11,20H2,1-3H3. The topological polar surface area (TPSA) is 123 Å². The highest BCUT2D eigenvalue weighted by molar-refractivity contribution is 6.01. The molecular weight excluding hydrogens is 366 g/mol. The van der Waals surface area contributed by atoms with E-state index in [-0.39, 0.29) is 24.5 Å². The smallest absolute Gasteiger partial charge is 0.344 e. The largest absolute Gasteiger partial charge is 0.482 e. The van der Waals surface area contributed by atoms with Crippen molar-refractivity contribution in [2.24, 2.45) is 7.05 Å². The summed E-state index contributed by atoms with van der Waals surface area (Å²) in [5.74, 6) is -1.29. The van der Waals surface area contributed by atoms with Crippen LogP contribution in [0.1, 0.15) is 29.3 Å². The van der Waals surface area contributed by atoms with Gasteiger partial charge in [0.25, 0.3) is 5.56 Å². The Hall–Kier alpha value is -3.36. The van der Waals surface area contributed by atoms with Gasteiger partial charge >= 0.3 is 11.7 Å². The maximum Gasteiger partial charge on any atom is 0.344 e. The number of ketones is 1. The van der Waals surface area contributed by atoms with Crippen LogP contribution < -0.4 is 21.7 Å². The number of ether oxygens (including phenoxy) is 2. The van der Waals surface area contributed by atoms with Crippen LogP contribution in [0, 0.1) is 6.92 Å². The first-order valence-electron chi connectivity index (χ1n) is 8.73. The summed E-state index contributed by atoms with van der Waals surface area (Å²) >= 11 is 0. The summed E-state index contributed by atoms with van der Waals surface area (Å²) < 4.78 is 12.1. The van der Waals surface area contributed by atoms with E-state index in [2.05, 4.69) is 0 Å². The van der Waals surface area contributed by atoms with Gasteiger partial charge in [-0.25, -0.2) is 9.59 Å².